The number of rotatable bonds is 42. The summed E-state index contributed by atoms with van der Waals surface area (Å²) in [4.78, 5) is 52.8. The molecule has 0 amide bonds. The standard InChI is InChI=1S/C43H82O14P2/c1-4-5-6-7-19-24-29-40-41(57-40)30-25-20-17-22-27-32-43(46)56-39(36-55-59(50,51)54-34-38(44)33-53-58(47,48)49)35-52-42(45)31-26-21-16-14-12-10-8-9-11-13-15-18-23-28-37(2)3/h19,24,37-41,44H,4-18,20-23,25-36H2,1-3H3,(H,50,51)(H2,47,48,49)/b24-19-/t38-,39+,40?,41?/m0/s1. The lowest BCUT2D eigenvalue weighted by molar-refractivity contribution is -0.161. The van der Waals surface area contributed by atoms with Crippen molar-refractivity contribution in [1.82, 2.24) is 0 Å². The molecule has 59 heavy (non-hydrogen) atoms. The van der Waals surface area contributed by atoms with Crippen molar-refractivity contribution in [3.05, 3.63) is 12.2 Å². The molecule has 0 aromatic rings. The Balaban J connectivity index is 2.34. The Morgan fingerprint density at radius 1 is 0.627 bits per heavy atom. The van der Waals surface area contributed by atoms with Gasteiger partial charge >= 0.3 is 27.6 Å². The predicted molar refractivity (Wildman–Crippen MR) is 230 cm³/mol. The Bertz CT molecular complexity index is 1180. The lowest BCUT2D eigenvalue weighted by Crippen LogP contribution is -2.30. The lowest BCUT2D eigenvalue weighted by Gasteiger charge is -2.20. The Hall–Kier alpha value is -1.18. The molecule has 0 saturated carbocycles. The van der Waals surface area contributed by atoms with Crippen molar-refractivity contribution in [2.24, 2.45) is 5.92 Å². The van der Waals surface area contributed by atoms with E-state index in [1.807, 2.05) is 0 Å². The fourth-order valence-corrected chi connectivity index (χ4v) is 7.81. The number of carbonyl (C=O) groups is 2. The second-order valence-corrected chi connectivity index (χ2v) is 19.2. The summed E-state index contributed by atoms with van der Waals surface area (Å²) in [5.41, 5.74) is 0. The van der Waals surface area contributed by atoms with Crippen LogP contribution in [0, 0.1) is 5.92 Å². The molecule has 0 aromatic carbocycles. The summed E-state index contributed by atoms with van der Waals surface area (Å²) in [7, 11) is -9.68. The van der Waals surface area contributed by atoms with Gasteiger partial charge < -0.3 is 34.0 Å². The number of aliphatic hydroxyl groups is 1. The second-order valence-electron chi connectivity index (χ2n) is 16.5. The minimum atomic E-state index is -4.86. The quantitative estimate of drug-likeness (QED) is 0.0148. The van der Waals surface area contributed by atoms with Crippen LogP contribution in [0.4, 0.5) is 0 Å². The smallest absolute Gasteiger partial charge is 0.462 e. The third-order valence-corrected chi connectivity index (χ3v) is 11.7. The first-order valence-electron chi connectivity index (χ1n) is 22.9. The Labute approximate surface area is 356 Å². The van der Waals surface area contributed by atoms with E-state index in [1.54, 1.807) is 0 Å². The zero-order chi connectivity index (χ0) is 43.6. The maximum atomic E-state index is 12.7. The molecule has 3 unspecified atom stereocenters. The molecule has 0 spiro atoms. The summed E-state index contributed by atoms with van der Waals surface area (Å²) in [6.45, 7) is 4.05. The molecule has 1 aliphatic heterocycles. The highest BCUT2D eigenvalue weighted by molar-refractivity contribution is 7.47. The van der Waals surface area contributed by atoms with Crippen molar-refractivity contribution >= 4 is 27.6 Å². The van der Waals surface area contributed by atoms with Gasteiger partial charge in [-0.25, -0.2) is 9.13 Å². The van der Waals surface area contributed by atoms with Gasteiger partial charge in [0.2, 0.25) is 0 Å². The van der Waals surface area contributed by atoms with Crippen LogP contribution in [-0.4, -0.2) is 82.6 Å². The van der Waals surface area contributed by atoms with Gasteiger partial charge in [-0.2, -0.15) is 0 Å². The summed E-state index contributed by atoms with van der Waals surface area (Å²) in [6.07, 6.45) is 30.8. The first-order chi connectivity index (χ1) is 28.2. The van der Waals surface area contributed by atoms with Crippen LogP contribution in [0.15, 0.2) is 12.2 Å². The average Bonchev–Trinajstić information content (AvgIpc) is 3.94. The van der Waals surface area contributed by atoms with E-state index in [2.05, 4.69) is 37.4 Å². The molecule has 0 aliphatic carbocycles. The lowest BCUT2D eigenvalue weighted by atomic mass is 10.0. The average molecular weight is 885 g/mol. The van der Waals surface area contributed by atoms with Gasteiger partial charge in [0.25, 0.3) is 0 Å². The molecule has 1 rings (SSSR count). The van der Waals surface area contributed by atoms with E-state index < -0.39 is 59.6 Å². The molecule has 1 aliphatic rings. The number of epoxide rings is 1. The highest BCUT2D eigenvalue weighted by Crippen LogP contribution is 2.44. The summed E-state index contributed by atoms with van der Waals surface area (Å²) in [6, 6.07) is 0. The van der Waals surface area contributed by atoms with Crippen LogP contribution in [0.2, 0.25) is 0 Å². The minimum absolute atomic E-state index is 0.112. The molecular formula is C43H82O14P2. The van der Waals surface area contributed by atoms with Crippen molar-refractivity contribution in [3.8, 4) is 0 Å². The number of phosphoric ester groups is 2. The highest BCUT2D eigenvalue weighted by Gasteiger charge is 2.36. The second kappa shape index (κ2) is 35.3. The van der Waals surface area contributed by atoms with Crippen molar-refractivity contribution in [3.63, 3.8) is 0 Å². The van der Waals surface area contributed by atoms with Crippen LogP contribution < -0.4 is 0 Å². The van der Waals surface area contributed by atoms with E-state index in [9.17, 15) is 28.7 Å². The molecule has 1 heterocycles. The fourth-order valence-electron chi connectivity index (χ4n) is 6.66. The SMILES string of the molecule is CCCCC/C=C\CC1OC1CCCCCCCC(=O)O[C@H](COC(=O)CCCCCCCCCCCCCCCC(C)C)COP(=O)(O)OC[C@@H](O)COP(=O)(O)O. The number of ether oxygens (including phenoxy) is 3. The molecule has 5 atom stereocenters. The minimum Gasteiger partial charge on any atom is -0.462 e. The third-order valence-electron chi connectivity index (χ3n) is 10.2. The molecule has 1 fully saturated rings. The van der Waals surface area contributed by atoms with E-state index >= 15 is 0 Å². The largest absolute Gasteiger partial charge is 0.472 e. The van der Waals surface area contributed by atoms with Crippen molar-refractivity contribution in [1.29, 1.82) is 0 Å². The zero-order valence-corrected chi connectivity index (χ0v) is 38.5. The summed E-state index contributed by atoms with van der Waals surface area (Å²) in [5, 5.41) is 9.76. The van der Waals surface area contributed by atoms with E-state index in [0.717, 1.165) is 70.1 Å². The first-order valence-corrected chi connectivity index (χ1v) is 25.9. The molecule has 4 N–H and O–H groups in total. The van der Waals surface area contributed by atoms with Gasteiger partial charge in [-0.15, -0.1) is 0 Å². The molecule has 14 nitrogen and oxygen atoms in total. The summed E-state index contributed by atoms with van der Waals surface area (Å²) < 4.78 is 53.6. The van der Waals surface area contributed by atoms with Crippen LogP contribution in [-0.2, 0) is 46.5 Å². The first kappa shape index (κ1) is 55.8. The number of phosphoric acid groups is 2. The number of aliphatic hydroxyl groups excluding tert-OH is 1. The third kappa shape index (κ3) is 37.1. The van der Waals surface area contributed by atoms with Crippen molar-refractivity contribution < 1.29 is 66.3 Å². The van der Waals surface area contributed by atoms with Crippen LogP contribution in [0.5, 0.6) is 0 Å². The number of esters is 2. The normalized spacial score (nSPS) is 17.6. The summed E-state index contributed by atoms with van der Waals surface area (Å²) >= 11 is 0. The monoisotopic (exact) mass is 885 g/mol. The van der Waals surface area contributed by atoms with Gasteiger partial charge in [0.05, 0.1) is 32.0 Å². The summed E-state index contributed by atoms with van der Waals surface area (Å²) in [5.74, 6) is -0.242. The maximum absolute atomic E-state index is 12.7. The van der Waals surface area contributed by atoms with Gasteiger partial charge in [-0.1, -0.05) is 155 Å². The van der Waals surface area contributed by atoms with Crippen molar-refractivity contribution in [2.45, 2.75) is 219 Å². The van der Waals surface area contributed by atoms with Gasteiger partial charge in [0.1, 0.15) is 12.7 Å². The zero-order valence-electron chi connectivity index (χ0n) is 36.7. The highest BCUT2D eigenvalue weighted by atomic mass is 31.2. The molecular weight excluding hydrogens is 802 g/mol. The molecule has 16 heteroatoms. The number of hydrogen-bond acceptors (Lipinski definition) is 11. The molecule has 0 bridgehead atoms. The predicted octanol–water partition coefficient (Wildman–Crippen LogP) is 10.6. The number of carbonyl (C=O) groups excluding carboxylic acids is 2. The van der Waals surface area contributed by atoms with Crippen molar-refractivity contribution in [2.75, 3.05) is 26.4 Å². The maximum Gasteiger partial charge on any atom is 0.472 e. The fraction of sp³-hybridized carbons (Fsp3) is 0.907. The molecule has 1 saturated heterocycles. The van der Waals surface area contributed by atoms with Gasteiger partial charge in [0, 0.05) is 12.8 Å². The van der Waals surface area contributed by atoms with E-state index in [1.165, 1.54) is 83.5 Å². The van der Waals surface area contributed by atoms with Crippen LogP contribution >= 0.6 is 15.6 Å². The molecule has 0 radical (unpaired) electrons. The Morgan fingerprint density at radius 3 is 1.73 bits per heavy atom. The van der Waals surface area contributed by atoms with Gasteiger partial charge in [0.15, 0.2) is 6.10 Å². The number of allylic oxidation sites excluding steroid dienone is 1. The Kier molecular flexibility index (Phi) is 33.4. The van der Waals surface area contributed by atoms with Gasteiger partial charge in [-0.3, -0.25) is 23.2 Å². The van der Waals surface area contributed by atoms with Crippen LogP contribution in [0.1, 0.15) is 194 Å². The van der Waals surface area contributed by atoms with E-state index in [4.69, 9.17) is 33.0 Å². The number of hydrogen-bond donors (Lipinski definition) is 4. The topological polar surface area (TPSA) is 208 Å². The van der Waals surface area contributed by atoms with Crippen LogP contribution in [0.25, 0.3) is 0 Å². The number of unbranched alkanes of at least 4 members (excludes halogenated alkanes) is 19. The Morgan fingerprint density at radius 2 is 1.15 bits per heavy atom. The van der Waals surface area contributed by atoms with Gasteiger partial charge in [-0.05, 0) is 44.4 Å². The molecule has 0 aromatic heterocycles. The van der Waals surface area contributed by atoms with E-state index in [-0.39, 0.29) is 19.4 Å². The van der Waals surface area contributed by atoms with Crippen LogP contribution in [0.3, 0.4) is 0 Å². The molecule has 348 valence electrons. The van der Waals surface area contributed by atoms with E-state index in [0.29, 0.717) is 25.0 Å².